The van der Waals surface area contributed by atoms with Crippen molar-refractivity contribution in [3.05, 3.63) is 42.0 Å². The van der Waals surface area contributed by atoms with Gasteiger partial charge in [-0.05, 0) is 44.2 Å². The molecule has 2 aromatic rings. The Bertz CT molecular complexity index is 1010. The number of nitrogens with one attached hydrogen (secondary N) is 3. The van der Waals surface area contributed by atoms with Gasteiger partial charge in [-0.3, -0.25) is 4.79 Å². The molecule has 2 heterocycles. The highest BCUT2D eigenvalue weighted by Crippen LogP contribution is 2.42. The number of methoxy groups -OCH3 is 1. The van der Waals surface area contributed by atoms with Crippen LogP contribution in [0.15, 0.2) is 30.5 Å². The van der Waals surface area contributed by atoms with Gasteiger partial charge in [0.15, 0.2) is 0 Å². The van der Waals surface area contributed by atoms with Crippen molar-refractivity contribution < 1.29 is 19.4 Å². The van der Waals surface area contributed by atoms with Gasteiger partial charge in [-0.15, -0.1) is 0 Å². The number of rotatable bonds is 6. The number of nitrogens with zero attached hydrogens (tertiary/aromatic N) is 2. The fourth-order valence-electron chi connectivity index (χ4n) is 5.14. The number of aliphatic hydroxyl groups is 1. The summed E-state index contributed by atoms with van der Waals surface area (Å²) in [5.74, 6) is 1.00. The van der Waals surface area contributed by atoms with E-state index < -0.39 is 24.0 Å². The number of aromatic amines is 1. The van der Waals surface area contributed by atoms with Gasteiger partial charge in [-0.25, -0.2) is 9.78 Å². The molecule has 176 valence electrons. The van der Waals surface area contributed by atoms with Crippen molar-refractivity contribution in [1.82, 2.24) is 20.2 Å². The van der Waals surface area contributed by atoms with E-state index in [4.69, 9.17) is 4.74 Å². The number of ether oxygens (including phenoxy) is 1. The molecular formula is C24H31N5O4. The predicted molar refractivity (Wildman–Crippen MR) is 122 cm³/mol. The van der Waals surface area contributed by atoms with Crippen LogP contribution in [0, 0.1) is 5.92 Å². The summed E-state index contributed by atoms with van der Waals surface area (Å²) in [5.41, 5.74) is 1.37. The Labute approximate surface area is 192 Å². The average molecular weight is 454 g/mol. The van der Waals surface area contributed by atoms with Gasteiger partial charge in [0.05, 0.1) is 19.1 Å². The summed E-state index contributed by atoms with van der Waals surface area (Å²) in [6.45, 7) is 1.47. The highest BCUT2D eigenvalue weighted by molar-refractivity contribution is 5.90. The molecule has 9 heteroatoms. The number of H-pyrrole nitrogens is 1. The van der Waals surface area contributed by atoms with Crippen LogP contribution in [0.5, 0.6) is 5.75 Å². The van der Waals surface area contributed by atoms with Gasteiger partial charge in [-0.1, -0.05) is 6.07 Å². The Morgan fingerprint density at radius 3 is 2.76 bits per heavy atom. The van der Waals surface area contributed by atoms with Crippen molar-refractivity contribution in [2.45, 2.75) is 56.1 Å². The van der Waals surface area contributed by atoms with Crippen LogP contribution in [-0.4, -0.2) is 64.3 Å². The standard InChI is InChI=1S/C24H31N5O4/c1-33-16-6-4-5-15(11-16)26-24(32)28-18-12-17(23(31)29-9-2-3-10-29)21(30)20(18)19-13-25-22(27-19)14-7-8-14/h4-6,11,13-14,17-18,20-21,30H,2-3,7-10,12H2,1H3,(H,25,27)(H2,26,28,32)/t17-,18+,20+,21+/m0/s1. The number of benzene rings is 1. The molecule has 3 aliphatic rings. The molecule has 4 N–H and O–H groups in total. The summed E-state index contributed by atoms with van der Waals surface area (Å²) < 4.78 is 5.22. The minimum absolute atomic E-state index is 0.0237. The molecule has 33 heavy (non-hydrogen) atoms. The van der Waals surface area contributed by atoms with E-state index in [1.54, 1.807) is 37.6 Å². The van der Waals surface area contributed by atoms with Crippen LogP contribution in [-0.2, 0) is 4.79 Å². The first-order valence-electron chi connectivity index (χ1n) is 11.8. The largest absolute Gasteiger partial charge is 0.497 e. The van der Waals surface area contributed by atoms with Gasteiger partial charge in [0.2, 0.25) is 5.91 Å². The number of hydrogen-bond acceptors (Lipinski definition) is 5. The van der Waals surface area contributed by atoms with Crippen LogP contribution < -0.4 is 15.4 Å². The zero-order valence-corrected chi connectivity index (χ0v) is 18.8. The molecule has 0 unspecified atom stereocenters. The molecule has 0 spiro atoms. The molecule has 0 bridgehead atoms. The van der Waals surface area contributed by atoms with E-state index in [2.05, 4.69) is 20.6 Å². The van der Waals surface area contributed by atoms with Crippen LogP contribution in [0.3, 0.4) is 0 Å². The SMILES string of the molecule is COc1cccc(NC(=O)N[C@@H]2C[C@H](C(=O)N3CCCC3)[C@@H](O)[C@H]2c2cnc(C3CC3)[nH]2)c1. The molecule has 9 nitrogen and oxygen atoms in total. The summed E-state index contributed by atoms with van der Waals surface area (Å²) in [4.78, 5) is 35.7. The van der Waals surface area contributed by atoms with E-state index in [0.29, 0.717) is 23.8 Å². The second kappa shape index (κ2) is 9.05. The maximum Gasteiger partial charge on any atom is 0.319 e. The maximum absolute atomic E-state index is 13.1. The highest BCUT2D eigenvalue weighted by Gasteiger charge is 2.49. The van der Waals surface area contributed by atoms with Gasteiger partial charge < -0.3 is 30.4 Å². The van der Waals surface area contributed by atoms with E-state index in [9.17, 15) is 14.7 Å². The van der Waals surface area contributed by atoms with Gasteiger partial charge in [-0.2, -0.15) is 0 Å². The third-order valence-corrected chi connectivity index (χ3v) is 7.04. The van der Waals surface area contributed by atoms with Crippen LogP contribution in [0.25, 0.3) is 0 Å². The van der Waals surface area contributed by atoms with Crippen molar-refractivity contribution in [3.8, 4) is 5.75 Å². The van der Waals surface area contributed by atoms with E-state index >= 15 is 0 Å². The second-order valence-corrected chi connectivity index (χ2v) is 9.33. The number of anilines is 1. The maximum atomic E-state index is 13.1. The fourth-order valence-corrected chi connectivity index (χ4v) is 5.14. The van der Waals surface area contributed by atoms with Crippen LogP contribution in [0.4, 0.5) is 10.5 Å². The van der Waals surface area contributed by atoms with Gasteiger partial charge in [0, 0.05) is 54.6 Å². The lowest BCUT2D eigenvalue weighted by Crippen LogP contribution is -2.41. The Morgan fingerprint density at radius 1 is 1.24 bits per heavy atom. The first-order chi connectivity index (χ1) is 16.0. The Morgan fingerprint density at radius 2 is 2.03 bits per heavy atom. The monoisotopic (exact) mass is 453 g/mol. The first kappa shape index (κ1) is 21.8. The Hall–Kier alpha value is -3.07. The zero-order chi connectivity index (χ0) is 22.9. The van der Waals surface area contributed by atoms with Crippen molar-refractivity contribution in [2.24, 2.45) is 5.92 Å². The number of aliphatic hydroxyl groups excluding tert-OH is 1. The van der Waals surface area contributed by atoms with Crippen LogP contribution >= 0.6 is 0 Å². The molecule has 2 aliphatic carbocycles. The third kappa shape index (κ3) is 4.55. The molecule has 0 radical (unpaired) electrons. The lowest BCUT2D eigenvalue weighted by Gasteiger charge is -2.24. The van der Waals surface area contributed by atoms with Crippen molar-refractivity contribution in [1.29, 1.82) is 0 Å². The first-order valence-corrected chi connectivity index (χ1v) is 11.8. The lowest BCUT2D eigenvalue weighted by atomic mass is 9.96. The second-order valence-electron chi connectivity index (χ2n) is 9.33. The molecule has 3 amide bonds. The Balaban J connectivity index is 1.34. The van der Waals surface area contributed by atoms with Crippen molar-refractivity contribution in [2.75, 3.05) is 25.5 Å². The average Bonchev–Trinajstić information content (AvgIpc) is 3.19. The van der Waals surface area contributed by atoms with Crippen LogP contribution in [0.2, 0.25) is 0 Å². The predicted octanol–water partition coefficient (Wildman–Crippen LogP) is 2.57. The van der Waals surface area contributed by atoms with E-state index in [1.165, 1.54) is 0 Å². The molecule has 2 saturated carbocycles. The number of urea groups is 1. The fraction of sp³-hybridized carbons (Fsp3) is 0.542. The number of carbonyl (C=O) groups excluding carboxylic acids is 2. The molecule has 1 aromatic heterocycles. The molecule has 1 aliphatic heterocycles. The number of hydrogen-bond donors (Lipinski definition) is 4. The number of aromatic nitrogens is 2. The minimum Gasteiger partial charge on any atom is -0.497 e. The molecule has 5 rings (SSSR count). The molecule has 1 aromatic carbocycles. The normalized spacial score (nSPS) is 26.9. The zero-order valence-electron chi connectivity index (χ0n) is 18.8. The molecule has 4 atom stereocenters. The highest BCUT2D eigenvalue weighted by atomic mass is 16.5. The van der Waals surface area contributed by atoms with Crippen LogP contribution in [0.1, 0.15) is 55.5 Å². The topological polar surface area (TPSA) is 120 Å². The van der Waals surface area contributed by atoms with Crippen molar-refractivity contribution >= 4 is 17.6 Å². The number of imidazole rings is 1. The summed E-state index contributed by atoms with van der Waals surface area (Å²) >= 11 is 0. The molecular weight excluding hydrogens is 422 g/mol. The van der Waals surface area contributed by atoms with Gasteiger partial charge >= 0.3 is 6.03 Å². The van der Waals surface area contributed by atoms with E-state index in [0.717, 1.165) is 50.3 Å². The number of carbonyl (C=O) groups is 2. The summed E-state index contributed by atoms with van der Waals surface area (Å²) in [6.07, 6.45) is 5.44. The lowest BCUT2D eigenvalue weighted by molar-refractivity contribution is -0.137. The van der Waals surface area contributed by atoms with Gasteiger partial charge in [0.25, 0.3) is 0 Å². The van der Waals surface area contributed by atoms with E-state index in [1.807, 2.05) is 4.90 Å². The summed E-state index contributed by atoms with van der Waals surface area (Å²) in [6, 6.07) is 6.31. The third-order valence-electron chi connectivity index (χ3n) is 7.04. The Kier molecular flexibility index (Phi) is 5.97. The number of likely N-dealkylation sites (tertiary alicyclic amines) is 1. The smallest absolute Gasteiger partial charge is 0.319 e. The molecule has 1 saturated heterocycles. The number of amides is 3. The molecule has 3 fully saturated rings. The van der Waals surface area contributed by atoms with E-state index in [-0.39, 0.29) is 11.9 Å². The quantitative estimate of drug-likeness (QED) is 0.536. The summed E-state index contributed by atoms with van der Waals surface area (Å²) in [7, 11) is 1.57. The minimum atomic E-state index is -0.896. The van der Waals surface area contributed by atoms with Crippen molar-refractivity contribution in [3.63, 3.8) is 0 Å². The summed E-state index contributed by atoms with van der Waals surface area (Å²) in [5, 5.41) is 17.1. The van der Waals surface area contributed by atoms with Gasteiger partial charge in [0.1, 0.15) is 11.6 Å².